The second kappa shape index (κ2) is 9.43. The summed E-state index contributed by atoms with van der Waals surface area (Å²) in [6, 6.07) is 10.3. The van der Waals surface area contributed by atoms with Crippen molar-refractivity contribution in [1.82, 2.24) is 0 Å². The van der Waals surface area contributed by atoms with Crippen molar-refractivity contribution in [3.05, 3.63) is 30.3 Å². The van der Waals surface area contributed by atoms with Gasteiger partial charge in [-0.1, -0.05) is 18.2 Å². The minimum atomic E-state index is -0.950. The summed E-state index contributed by atoms with van der Waals surface area (Å²) in [7, 11) is 0. The van der Waals surface area contributed by atoms with Crippen LogP contribution < -0.4 is 0 Å². The van der Waals surface area contributed by atoms with Gasteiger partial charge >= 0.3 is 0 Å². The van der Waals surface area contributed by atoms with Gasteiger partial charge in [0.1, 0.15) is 0 Å². The summed E-state index contributed by atoms with van der Waals surface area (Å²) in [5.74, 6) is 0.278. The number of rotatable bonds is 5. The summed E-state index contributed by atoms with van der Waals surface area (Å²) in [6.45, 7) is 6.32. The summed E-state index contributed by atoms with van der Waals surface area (Å²) < 4.78 is 9.88. The molecule has 2 atom stereocenters. The van der Waals surface area contributed by atoms with Crippen molar-refractivity contribution in [3.8, 4) is 0 Å². The fraction of sp³-hybridized carbons (Fsp3) is 0.625. The third-order valence-electron chi connectivity index (χ3n) is 2.89. The lowest BCUT2D eigenvalue weighted by Gasteiger charge is -2.15. The zero-order chi connectivity index (χ0) is 15.7. The first-order valence-corrected chi connectivity index (χ1v) is 8.25. The van der Waals surface area contributed by atoms with E-state index in [0.717, 1.165) is 12.2 Å². The number of thioether (sulfide) groups is 1. The molecule has 1 aromatic carbocycles. The Balaban J connectivity index is 0.000000270. The molecule has 1 aliphatic rings. The molecule has 0 amide bonds. The molecule has 0 aliphatic carbocycles. The molecular weight excluding hydrogens is 288 g/mol. The summed E-state index contributed by atoms with van der Waals surface area (Å²) in [4.78, 5) is 1.26. The van der Waals surface area contributed by atoms with Crippen LogP contribution in [0.2, 0.25) is 0 Å². The average molecular weight is 314 g/mol. The van der Waals surface area contributed by atoms with Crippen molar-refractivity contribution in [2.75, 3.05) is 19.0 Å². The molecule has 120 valence electrons. The van der Waals surface area contributed by atoms with Crippen molar-refractivity contribution in [2.24, 2.45) is 5.92 Å². The van der Waals surface area contributed by atoms with Crippen molar-refractivity contribution in [3.63, 3.8) is 0 Å². The molecule has 4 nitrogen and oxygen atoms in total. The Kier molecular flexibility index (Phi) is 8.29. The summed E-state index contributed by atoms with van der Waals surface area (Å²) >= 11 is 1.78. The van der Waals surface area contributed by atoms with E-state index in [-0.39, 0.29) is 0 Å². The Morgan fingerprint density at radius 1 is 1.33 bits per heavy atom. The van der Waals surface area contributed by atoms with Gasteiger partial charge in [-0.2, -0.15) is 0 Å². The Morgan fingerprint density at radius 2 is 2.00 bits per heavy atom. The van der Waals surface area contributed by atoms with Gasteiger partial charge in [0.15, 0.2) is 12.1 Å². The van der Waals surface area contributed by atoms with Crippen molar-refractivity contribution in [2.45, 2.75) is 44.2 Å². The highest BCUT2D eigenvalue weighted by Crippen LogP contribution is 2.27. The topological polar surface area (TPSA) is 58.9 Å². The quantitative estimate of drug-likeness (QED) is 0.646. The van der Waals surface area contributed by atoms with Crippen LogP contribution in [0.1, 0.15) is 27.2 Å². The maximum atomic E-state index is 9.43. The highest BCUT2D eigenvalue weighted by molar-refractivity contribution is 7.99. The number of hydrogen-bond donors (Lipinski definition) is 2. The van der Waals surface area contributed by atoms with Crippen LogP contribution in [0.25, 0.3) is 0 Å². The zero-order valence-electron chi connectivity index (χ0n) is 13.0. The molecule has 1 fully saturated rings. The van der Waals surface area contributed by atoms with Crippen LogP contribution in [0, 0.1) is 5.92 Å². The van der Waals surface area contributed by atoms with E-state index in [0.29, 0.717) is 19.1 Å². The van der Waals surface area contributed by atoms with E-state index in [9.17, 15) is 5.11 Å². The van der Waals surface area contributed by atoms with Gasteiger partial charge < -0.3 is 19.7 Å². The van der Waals surface area contributed by atoms with Crippen molar-refractivity contribution in [1.29, 1.82) is 0 Å². The molecule has 2 unspecified atom stereocenters. The minimum Gasteiger partial charge on any atom is -0.368 e. The predicted octanol–water partition coefficient (Wildman–Crippen LogP) is 2.88. The van der Waals surface area contributed by atoms with Gasteiger partial charge in [0, 0.05) is 23.2 Å². The lowest BCUT2D eigenvalue weighted by Crippen LogP contribution is -2.22. The van der Waals surface area contributed by atoms with Gasteiger partial charge in [0.2, 0.25) is 0 Å². The standard InChI is InChI=1S/C11H14O2S.C5H12O2/c12-11-9(6-7-13-11)8-14-10-4-2-1-3-5-10;1-4-7-5(2,3)6/h1-5,9,11-12H,6-8H2;6H,4H2,1-3H3. The van der Waals surface area contributed by atoms with E-state index in [1.165, 1.54) is 4.90 Å². The normalized spacial score (nSPS) is 21.8. The van der Waals surface area contributed by atoms with Gasteiger partial charge in [-0.05, 0) is 39.3 Å². The summed E-state index contributed by atoms with van der Waals surface area (Å²) in [5, 5.41) is 18.2. The van der Waals surface area contributed by atoms with E-state index in [4.69, 9.17) is 14.6 Å². The first-order valence-electron chi connectivity index (χ1n) is 7.26. The first-order chi connectivity index (χ1) is 9.92. The minimum absolute atomic E-state index is 0.292. The SMILES string of the molecule is CCOC(C)(C)O.OC1OCCC1CSc1ccccc1. The first kappa shape index (κ1) is 18.5. The molecule has 5 heteroatoms. The highest BCUT2D eigenvalue weighted by atomic mass is 32.2. The molecular formula is C16H26O4S. The van der Waals surface area contributed by atoms with Gasteiger partial charge in [-0.15, -0.1) is 11.8 Å². The molecule has 0 aromatic heterocycles. The van der Waals surface area contributed by atoms with Gasteiger partial charge in [0.05, 0.1) is 6.61 Å². The molecule has 0 bridgehead atoms. The molecule has 1 heterocycles. The number of benzene rings is 1. The zero-order valence-corrected chi connectivity index (χ0v) is 13.8. The highest BCUT2D eigenvalue weighted by Gasteiger charge is 2.25. The third-order valence-corrected chi connectivity index (χ3v) is 4.09. The van der Waals surface area contributed by atoms with Crippen LogP contribution >= 0.6 is 11.8 Å². The molecule has 2 rings (SSSR count). The maximum absolute atomic E-state index is 9.43. The smallest absolute Gasteiger partial charge is 0.159 e. The molecule has 0 saturated carbocycles. The number of hydrogen-bond acceptors (Lipinski definition) is 5. The van der Waals surface area contributed by atoms with Crippen molar-refractivity contribution < 1.29 is 19.7 Å². The van der Waals surface area contributed by atoms with Crippen LogP contribution in [0.4, 0.5) is 0 Å². The Labute approximate surface area is 131 Å². The fourth-order valence-electron chi connectivity index (χ4n) is 1.86. The third kappa shape index (κ3) is 8.44. The van der Waals surface area contributed by atoms with Crippen molar-refractivity contribution >= 4 is 11.8 Å². The molecule has 0 spiro atoms. The molecule has 1 aromatic rings. The lowest BCUT2D eigenvalue weighted by atomic mass is 10.1. The number of aliphatic hydroxyl groups is 2. The second-order valence-electron chi connectivity index (χ2n) is 5.31. The second-order valence-corrected chi connectivity index (χ2v) is 6.41. The van der Waals surface area contributed by atoms with E-state index in [1.54, 1.807) is 25.6 Å². The maximum Gasteiger partial charge on any atom is 0.159 e. The van der Waals surface area contributed by atoms with Crippen LogP contribution in [0.5, 0.6) is 0 Å². The lowest BCUT2D eigenvalue weighted by molar-refractivity contribution is -0.172. The van der Waals surface area contributed by atoms with Crippen LogP contribution in [0.3, 0.4) is 0 Å². The van der Waals surface area contributed by atoms with E-state index in [1.807, 2.05) is 25.1 Å². The average Bonchev–Trinajstić information content (AvgIpc) is 2.82. The number of ether oxygens (including phenoxy) is 2. The van der Waals surface area contributed by atoms with E-state index in [2.05, 4.69) is 12.1 Å². The summed E-state index contributed by atoms with van der Waals surface area (Å²) in [5.41, 5.74) is 0. The van der Waals surface area contributed by atoms with Gasteiger partial charge in [-0.25, -0.2) is 0 Å². The monoisotopic (exact) mass is 314 g/mol. The Hall–Kier alpha value is -0.590. The fourth-order valence-corrected chi connectivity index (χ4v) is 2.95. The largest absolute Gasteiger partial charge is 0.368 e. The molecule has 1 saturated heterocycles. The molecule has 0 radical (unpaired) electrons. The van der Waals surface area contributed by atoms with Crippen LogP contribution in [-0.4, -0.2) is 41.3 Å². The van der Waals surface area contributed by atoms with Crippen LogP contribution in [0.15, 0.2) is 35.2 Å². The number of aliphatic hydroxyl groups excluding tert-OH is 1. The molecule has 21 heavy (non-hydrogen) atoms. The van der Waals surface area contributed by atoms with E-state index < -0.39 is 12.1 Å². The van der Waals surface area contributed by atoms with Gasteiger partial charge in [-0.3, -0.25) is 0 Å². The predicted molar refractivity (Wildman–Crippen MR) is 85.2 cm³/mol. The Bertz CT molecular complexity index is 378. The summed E-state index contributed by atoms with van der Waals surface area (Å²) in [6.07, 6.45) is 0.423. The molecule has 1 aliphatic heterocycles. The van der Waals surface area contributed by atoms with E-state index >= 15 is 0 Å². The molecule has 2 N–H and O–H groups in total. The Morgan fingerprint density at radius 3 is 2.43 bits per heavy atom. The van der Waals surface area contributed by atoms with Gasteiger partial charge in [0.25, 0.3) is 0 Å². The van der Waals surface area contributed by atoms with Crippen LogP contribution in [-0.2, 0) is 9.47 Å².